The van der Waals surface area contributed by atoms with E-state index in [2.05, 4.69) is 4.98 Å². The first-order chi connectivity index (χ1) is 9.47. The highest BCUT2D eigenvalue weighted by atomic mass is 19.1. The van der Waals surface area contributed by atoms with Crippen LogP contribution in [-0.2, 0) is 7.05 Å². The van der Waals surface area contributed by atoms with Crippen molar-refractivity contribution in [1.82, 2.24) is 9.55 Å². The molecule has 0 aliphatic heterocycles. The third-order valence-electron chi connectivity index (χ3n) is 3.61. The number of imidazole rings is 1. The van der Waals surface area contributed by atoms with E-state index in [4.69, 9.17) is 5.73 Å². The maximum absolute atomic E-state index is 13.3. The van der Waals surface area contributed by atoms with Crippen molar-refractivity contribution in [2.45, 2.75) is 13.8 Å². The second-order valence-corrected chi connectivity index (χ2v) is 5.17. The summed E-state index contributed by atoms with van der Waals surface area (Å²) in [4.78, 5) is 4.53. The zero-order valence-electron chi connectivity index (χ0n) is 11.7. The molecule has 2 aromatic carbocycles. The predicted octanol–water partition coefficient (Wildman–Crippen LogP) is 3.58. The van der Waals surface area contributed by atoms with Crippen molar-refractivity contribution < 1.29 is 4.39 Å². The number of hydrogen-bond acceptors (Lipinski definition) is 2. The molecule has 0 spiro atoms. The van der Waals surface area contributed by atoms with E-state index >= 15 is 0 Å². The molecule has 3 aromatic rings. The fourth-order valence-electron chi connectivity index (χ4n) is 2.58. The lowest BCUT2D eigenvalue weighted by Gasteiger charge is -2.10. The van der Waals surface area contributed by atoms with Crippen LogP contribution < -0.4 is 5.73 Å². The average molecular weight is 269 g/mol. The number of aryl methyl sites for hydroxylation is 3. The molecule has 0 aliphatic rings. The summed E-state index contributed by atoms with van der Waals surface area (Å²) < 4.78 is 15.3. The van der Waals surface area contributed by atoms with E-state index in [1.807, 2.05) is 37.6 Å². The Hall–Kier alpha value is -2.36. The Morgan fingerprint density at radius 2 is 1.90 bits per heavy atom. The normalized spacial score (nSPS) is 11.2. The van der Waals surface area contributed by atoms with Gasteiger partial charge in [0.25, 0.3) is 0 Å². The molecule has 0 aliphatic carbocycles. The third-order valence-corrected chi connectivity index (χ3v) is 3.61. The van der Waals surface area contributed by atoms with Crippen LogP contribution in [0.1, 0.15) is 11.1 Å². The van der Waals surface area contributed by atoms with Gasteiger partial charge in [-0.05, 0) is 43.2 Å². The number of hydrogen-bond donors (Lipinski definition) is 1. The van der Waals surface area contributed by atoms with Crippen LogP contribution in [0.3, 0.4) is 0 Å². The molecule has 0 saturated heterocycles. The summed E-state index contributed by atoms with van der Waals surface area (Å²) in [7, 11) is 1.92. The number of anilines is 1. The molecule has 3 nitrogen and oxygen atoms in total. The summed E-state index contributed by atoms with van der Waals surface area (Å²) >= 11 is 0. The number of nitrogens with zero attached hydrogens (tertiary/aromatic N) is 2. The predicted molar refractivity (Wildman–Crippen MR) is 80.0 cm³/mol. The van der Waals surface area contributed by atoms with Crippen LogP contribution in [0.5, 0.6) is 0 Å². The monoisotopic (exact) mass is 269 g/mol. The summed E-state index contributed by atoms with van der Waals surface area (Å²) in [6.45, 7) is 4.01. The zero-order valence-corrected chi connectivity index (χ0v) is 11.7. The highest BCUT2D eigenvalue weighted by molar-refractivity contribution is 5.84. The van der Waals surface area contributed by atoms with Crippen molar-refractivity contribution in [2.75, 3.05) is 5.73 Å². The first-order valence-corrected chi connectivity index (χ1v) is 6.46. The van der Waals surface area contributed by atoms with E-state index in [-0.39, 0.29) is 5.82 Å². The Morgan fingerprint density at radius 3 is 2.65 bits per heavy atom. The third kappa shape index (κ3) is 1.84. The lowest BCUT2D eigenvalue weighted by Crippen LogP contribution is -1.99. The molecule has 102 valence electrons. The molecule has 0 amide bonds. The van der Waals surface area contributed by atoms with Gasteiger partial charge in [0.05, 0.1) is 11.0 Å². The molecule has 3 rings (SSSR count). The summed E-state index contributed by atoms with van der Waals surface area (Å²) in [6.07, 6.45) is 0. The molecule has 0 bridgehead atoms. The van der Waals surface area contributed by atoms with Crippen molar-refractivity contribution in [3.05, 3.63) is 47.3 Å². The Morgan fingerprint density at radius 1 is 1.15 bits per heavy atom. The van der Waals surface area contributed by atoms with Crippen LogP contribution in [0.25, 0.3) is 22.4 Å². The number of rotatable bonds is 1. The average Bonchev–Trinajstić information content (AvgIpc) is 2.70. The lowest BCUT2D eigenvalue weighted by atomic mass is 10.0. The smallest absolute Gasteiger partial charge is 0.142 e. The van der Waals surface area contributed by atoms with Crippen molar-refractivity contribution in [3.8, 4) is 11.4 Å². The summed E-state index contributed by atoms with van der Waals surface area (Å²) in [5.41, 5.74) is 11.5. The lowest BCUT2D eigenvalue weighted by molar-refractivity contribution is 0.629. The van der Waals surface area contributed by atoms with Gasteiger partial charge < -0.3 is 10.3 Å². The molecule has 0 radical (unpaired) electrons. The van der Waals surface area contributed by atoms with Crippen molar-refractivity contribution in [3.63, 3.8) is 0 Å². The molecule has 0 unspecified atom stereocenters. The molecule has 2 N–H and O–H groups in total. The number of halogens is 1. The van der Waals surface area contributed by atoms with E-state index in [1.54, 1.807) is 6.07 Å². The van der Waals surface area contributed by atoms with Crippen LogP contribution in [0.2, 0.25) is 0 Å². The molecule has 1 aromatic heterocycles. The zero-order chi connectivity index (χ0) is 14.4. The first kappa shape index (κ1) is 12.7. The molecular weight excluding hydrogens is 253 g/mol. The Kier molecular flexibility index (Phi) is 2.74. The summed E-state index contributed by atoms with van der Waals surface area (Å²) in [5, 5.41) is 0. The number of benzene rings is 2. The molecule has 0 atom stereocenters. The van der Waals surface area contributed by atoms with Gasteiger partial charge in [0.1, 0.15) is 11.6 Å². The Labute approximate surface area is 116 Å². The first-order valence-electron chi connectivity index (χ1n) is 6.46. The molecular formula is C16H16FN3. The van der Waals surface area contributed by atoms with Gasteiger partial charge in [-0.2, -0.15) is 0 Å². The largest absolute Gasteiger partial charge is 0.398 e. The fraction of sp³-hybridized carbons (Fsp3) is 0.188. The van der Waals surface area contributed by atoms with Crippen LogP contribution in [0.15, 0.2) is 30.3 Å². The Bertz CT molecular complexity index is 818. The molecule has 1 heterocycles. The number of nitrogen functional groups attached to an aromatic ring is 1. The molecule has 20 heavy (non-hydrogen) atoms. The quantitative estimate of drug-likeness (QED) is 0.686. The minimum Gasteiger partial charge on any atom is -0.398 e. The fourth-order valence-corrected chi connectivity index (χ4v) is 2.58. The maximum Gasteiger partial charge on any atom is 0.142 e. The molecule has 0 fully saturated rings. The Balaban J connectivity index is 2.32. The van der Waals surface area contributed by atoms with Gasteiger partial charge in [-0.25, -0.2) is 9.37 Å². The van der Waals surface area contributed by atoms with Gasteiger partial charge in [0.15, 0.2) is 0 Å². The van der Waals surface area contributed by atoms with Crippen LogP contribution >= 0.6 is 0 Å². The highest BCUT2D eigenvalue weighted by Gasteiger charge is 2.14. The van der Waals surface area contributed by atoms with Crippen molar-refractivity contribution in [2.24, 2.45) is 7.05 Å². The van der Waals surface area contributed by atoms with Crippen molar-refractivity contribution in [1.29, 1.82) is 0 Å². The van der Waals surface area contributed by atoms with E-state index < -0.39 is 0 Å². The van der Waals surface area contributed by atoms with Gasteiger partial charge in [-0.15, -0.1) is 0 Å². The standard InChI is InChI=1S/C16H16FN3/c1-9-6-10(2)15(18)12(7-9)16-19-13-8-11(17)4-5-14(13)20(16)3/h4-8H,18H2,1-3H3. The maximum atomic E-state index is 13.3. The van der Waals surface area contributed by atoms with E-state index in [0.29, 0.717) is 5.52 Å². The van der Waals surface area contributed by atoms with Gasteiger partial charge in [0.2, 0.25) is 0 Å². The second-order valence-electron chi connectivity index (χ2n) is 5.17. The van der Waals surface area contributed by atoms with Gasteiger partial charge in [0, 0.05) is 24.4 Å². The van der Waals surface area contributed by atoms with Crippen LogP contribution in [0.4, 0.5) is 10.1 Å². The van der Waals surface area contributed by atoms with E-state index in [0.717, 1.165) is 33.7 Å². The van der Waals surface area contributed by atoms with Crippen LogP contribution in [-0.4, -0.2) is 9.55 Å². The number of nitrogens with two attached hydrogens (primary N) is 1. The summed E-state index contributed by atoms with van der Waals surface area (Å²) in [6, 6.07) is 8.68. The topological polar surface area (TPSA) is 43.8 Å². The van der Waals surface area contributed by atoms with E-state index in [9.17, 15) is 4.39 Å². The number of aromatic nitrogens is 2. The van der Waals surface area contributed by atoms with Gasteiger partial charge in [-0.1, -0.05) is 6.07 Å². The SMILES string of the molecule is Cc1cc(C)c(N)c(-c2nc3cc(F)ccc3n2C)c1. The molecule has 0 saturated carbocycles. The molecule has 4 heteroatoms. The summed E-state index contributed by atoms with van der Waals surface area (Å²) in [5.74, 6) is 0.477. The van der Waals surface area contributed by atoms with Gasteiger partial charge >= 0.3 is 0 Å². The van der Waals surface area contributed by atoms with E-state index in [1.165, 1.54) is 12.1 Å². The van der Waals surface area contributed by atoms with Crippen molar-refractivity contribution >= 4 is 16.7 Å². The minimum atomic E-state index is -0.282. The van der Waals surface area contributed by atoms with Crippen LogP contribution in [0, 0.1) is 19.7 Å². The minimum absolute atomic E-state index is 0.282. The highest BCUT2D eigenvalue weighted by Crippen LogP contribution is 2.31. The second kappa shape index (κ2) is 4.34. The number of fused-ring (bicyclic) bond motifs is 1. The van der Waals surface area contributed by atoms with Gasteiger partial charge in [-0.3, -0.25) is 0 Å².